The fourth-order valence-electron chi connectivity index (χ4n) is 0.483. The Kier molecular flexibility index (Phi) is 3.87. The van der Waals surface area contributed by atoms with Gasteiger partial charge in [-0.25, -0.2) is 0 Å². The van der Waals surface area contributed by atoms with E-state index in [1.165, 1.54) is 0 Å². The second-order valence-corrected chi connectivity index (χ2v) is 3.16. The van der Waals surface area contributed by atoms with E-state index in [0.717, 1.165) is 13.0 Å². The van der Waals surface area contributed by atoms with E-state index in [4.69, 9.17) is 4.74 Å². The molecule has 0 rings (SSSR count). The van der Waals surface area contributed by atoms with Crippen LogP contribution in [-0.2, 0) is 4.74 Å². The van der Waals surface area contributed by atoms with E-state index in [2.05, 4.69) is 27.2 Å². The van der Waals surface area contributed by atoms with Crippen molar-refractivity contribution in [3.8, 4) is 0 Å². The molecule has 1 nitrogen and oxygen atoms in total. The first-order valence-electron chi connectivity index (χ1n) is 3.48. The van der Waals surface area contributed by atoms with Gasteiger partial charge in [0.05, 0.1) is 5.60 Å². The quantitative estimate of drug-likeness (QED) is 0.532. The minimum atomic E-state index is 0.0308. The van der Waals surface area contributed by atoms with Crippen LogP contribution in [0, 0.1) is 6.42 Å². The van der Waals surface area contributed by atoms with Crippen molar-refractivity contribution in [2.75, 3.05) is 6.61 Å². The van der Waals surface area contributed by atoms with E-state index in [-0.39, 0.29) is 5.60 Å². The lowest BCUT2D eigenvalue weighted by atomic mass is 10.2. The van der Waals surface area contributed by atoms with Gasteiger partial charge >= 0.3 is 0 Å². The van der Waals surface area contributed by atoms with Crippen LogP contribution >= 0.6 is 0 Å². The fourth-order valence-corrected chi connectivity index (χ4v) is 0.483. The Labute approximate surface area is 58.4 Å². The molecule has 0 heterocycles. The summed E-state index contributed by atoms with van der Waals surface area (Å²) in [5.74, 6) is 0. The summed E-state index contributed by atoms with van der Waals surface area (Å²) in [6.45, 7) is 9.11. The third-order valence-corrected chi connectivity index (χ3v) is 0.942. The zero-order valence-corrected chi connectivity index (χ0v) is 6.90. The second-order valence-electron chi connectivity index (χ2n) is 3.16. The van der Waals surface area contributed by atoms with Gasteiger partial charge in [0.1, 0.15) is 0 Å². The molecule has 0 atom stereocenters. The summed E-state index contributed by atoms with van der Waals surface area (Å²) in [5.41, 5.74) is 0.0308. The Morgan fingerprint density at radius 1 is 1.33 bits per heavy atom. The molecule has 9 heavy (non-hydrogen) atoms. The molecule has 0 N–H and O–H groups in total. The Balaban J connectivity index is 3.07. The van der Waals surface area contributed by atoms with Crippen molar-refractivity contribution >= 4 is 0 Å². The maximum atomic E-state index is 5.44. The summed E-state index contributed by atoms with van der Waals surface area (Å²) in [6.07, 6.45) is 3.17. The second kappa shape index (κ2) is 3.89. The molecule has 0 saturated heterocycles. The molecule has 0 aromatic heterocycles. The molecule has 0 spiro atoms. The van der Waals surface area contributed by atoms with E-state index in [9.17, 15) is 0 Å². The first kappa shape index (κ1) is 8.96. The van der Waals surface area contributed by atoms with Gasteiger partial charge in [0, 0.05) is 6.61 Å². The van der Waals surface area contributed by atoms with E-state index in [0.29, 0.717) is 0 Å². The van der Waals surface area contributed by atoms with Gasteiger partial charge in [0.25, 0.3) is 0 Å². The van der Waals surface area contributed by atoms with E-state index in [1.807, 2.05) is 6.92 Å². The molecular formula is C8H17O. The monoisotopic (exact) mass is 129 g/mol. The van der Waals surface area contributed by atoms with Gasteiger partial charge in [0.2, 0.25) is 0 Å². The summed E-state index contributed by atoms with van der Waals surface area (Å²) < 4.78 is 5.44. The van der Waals surface area contributed by atoms with Crippen LogP contribution in [0.2, 0.25) is 0 Å². The number of hydrogen-bond acceptors (Lipinski definition) is 1. The van der Waals surface area contributed by atoms with Crippen molar-refractivity contribution in [2.45, 2.75) is 39.7 Å². The average molecular weight is 129 g/mol. The zero-order valence-electron chi connectivity index (χ0n) is 6.90. The third kappa shape index (κ3) is 7.96. The Morgan fingerprint density at radius 2 is 1.89 bits per heavy atom. The Hall–Kier alpha value is -0.0400. The van der Waals surface area contributed by atoms with Crippen LogP contribution < -0.4 is 0 Å². The largest absolute Gasteiger partial charge is 0.376 e. The van der Waals surface area contributed by atoms with Gasteiger partial charge in [-0.1, -0.05) is 6.92 Å². The fraction of sp³-hybridized carbons (Fsp3) is 0.875. The number of rotatable bonds is 3. The highest BCUT2D eigenvalue weighted by molar-refractivity contribution is 4.61. The molecule has 0 bridgehead atoms. The summed E-state index contributed by atoms with van der Waals surface area (Å²) in [7, 11) is 0. The van der Waals surface area contributed by atoms with Crippen molar-refractivity contribution in [3.63, 3.8) is 0 Å². The van der Waals surface area contributed by atoms with Gasteiger partial charge in [-0.05, 0) is 33.6 Å². The third-order valence-electron chi connectivity index (χ3n) is 0.942. The van der Waals surface area contributed by atoms with E-state index >= 15 is 0 Å². The Morgan fingerprint density at radius 3 is 2.22 bits per heavy atom. The standard InChI is InChI=1S/C8H17O/c1-5-6-7-9-8(2,3)4/h5H,6-7H2,1-4H3. The number of hydrogen-bond donors (Lipinski definition) is 0. The predicted octanol–water partition coefficient (Wildman–Crippen LogP) is 2.42. The molecule has 0 aliphatic carbocycles. The summed E-state index contributed by atoms with van der Waals surface area (Å²) in [4.78, 5) is 0. The van der Waals surface area contributed by atoms with Gasteiger partial charge < -0.3 is 4.74 Å². The molecule has 0 unspecified atom stereocenters. The van der Waals surface area contributed by atoms with Crippen LogP contribution in [0.25, 0.3) is 0 Å². The average Bonchev–Trinajstić information content (AvgIpc) is 1.63. The van der Waals surface area contributed by atoms with Crippen LogP contribution in [0.3, 0.4) is 0 Å². The minimum absolute atomic E-state index is 0.0308. The van der Waals surface area contributed by atoms with Crippen LogP contribution in [0.1, 0.15) is 34.1 Å². The molecular weight excluding hydrogens is 112 g/mol. The molecule has 0 aliphatic rings. The highest BCUT2D eigenvalue weighted by Crippen LogP contribution is 2.06. The zero-order chi connectivity index (χ0) is 7.33. The summed E-state index contributed by atoms with van der Waals surface area (Å²) in [6, 6.07) is 0. The lowest BCUT2D eigenvalue weighted by molar-refractivity contribution is -0.00125. The molecule has 0 amide bonds. The first-order chi connectivity index (χ1) is 4.06. The van der Waals surface area contributed by atoms with Crippen LogP contribution in [-0.4, -0.2) is 12.2 Å². The number of ether oxygens (including phenoxy) is 1. The minimum Gasteiger partial charge on any atom is -0.376 e. The molecule has 0 fully saturated rings. The van der Waals surface area contributed by atoms with Crippen molar-refractivity contribution in [2.24, 2.45) is 0 Å². The van der Waals surface area contributed by atoms with Crippen molar-refractivity contribution in [1.82, 2.24) is 0 Å². The molecule has 0 saturated carbocycles. The van der Waals surface area contributed by atoms with Crippen LogP contribution in [0.4, 0.5) is 0 Å². The van der Waals surface area contributed by atoms with Gasteiger partial charge in [-0.2, -0.15) is 0 Å². The topological polar surface area (TPSA) is 9.23 Å². The molecule has 0 aliphatic heterocycles. The highest BCUT2D eigenvalue weighted by atomic mass is 16.5. The summed E-state index contributed by atoms with van der Waals surface area (Å²) in [5, 5.41) is 0. The van der Waals surface area contributed by atoms with Crippen LogP contribution in [0.5, 0.6) is 0 Å². The maximum absolute atomic E-state index is 5.44. The lowest BCUT2D eigenvalue weighted by Gasteiger charge is -2.18. The van der Waals surface area contributed by atoms with Crippen molar-refractivity contribution < 1.29 is 4.74 Å². The summed E-state index contributed by atoms with van der Waals surface area (Å²) >= 11 is 0. The predicted molar refractivity (Wildman–Crippen MR) is 40.3 cm³/mol. The van der Waals surface area contributed by atoms with E-state index in [1.54, 1.807) is 0 Å². The molecule has 55 valence electrons. The smallest absolute Gasteiger partial charge is 0.0598 e. The normalized spacial score (nSPS) is 12.0. The van der Waals surface area contributed by atoms with Crippen molar-refractivity contribution in [1.29, 1.82) is 0 Å². The van der Waals surface area contributed by atoms with Gasteiger partial charge in [-0.3, -0.25) is 0 Å². The van der Waals surface area contributed by atoms with Crippen molar-refractivity contribution in [3.05, 3.63) is 6.42 Å². The maximum Gasteiger partial charge on any atom is 0.0598 e. The van der Waals surface area contributed by atoms with Gasteiger partial charge in [-0.15, -0.1) is 0 Å². The Bertz CT molecular complexity index is 61.5. The molecule has 0 aromatic carbocycles. The lowest BCUT2D eigenvalue weighted by Crippen LogP contribution is -2.19. The molecule has 1 radical (unpaired) electrons. The SMILES string of the molecule is C[CH]CCOC(C)(C)C. The van der Waals surface area contributed by atoms with E-state index < -0.39 is 0 Å². The van der Waals surface area contributed by atoms with Gasteiger partial charge in [0.15, 0.2) is 0 Å². The first-order valence-corrected chi connectivity index (χ1v) is 3.48. The van der Waals surface area contributed by atoms with Crippen LogP contribution in [0.15, 0.2) is 0 Å². The molecule has 0 aromatic rings. The number of unbranched alkanes of at least 4 members (excludes halogenated alkanes) is 1. The molecule has 1 heteroatoms. The highest BCUT2D eigenvalue weighted by Gasteiger charge is 2.07.